The van der Waals surface area contributed by atoms with Crippen molar-refractivity contribution in [3.8, 4) is 0 Å². The van der Waals surface area contributed by atoms with Crippen molar-refractivity contribution >= 4 is 17.5 Å². The number of hydrogen-bond acceptors (Lipinski definition) is 2. The summed E-state index contributed by atoms with van der Waals surface area (Å²) in [5.41, 5.74) is 0. The quantitative estimate of drug-likeness (QED) is 0.554. The number of rotatable bonds is 5. The number of carbonyl (C=O) groups is 1. The first-order valence-corrected chi connectivity index (χ1v) is 4.12. The molecule has 0 N–H and O–H groups in total. The molecule has 0 atom stereocenters. The molecule has 0 heterocycles. The standard InChI is InChI=1S/C6H11FOS/c1-2-3-9-5-6(8)4-7/h2-5H2,1H3. The summed E-state index contributed by atoms with van der Waals surface area (Å²) in [6, 6.07) is 0. The number of alkyl halides is 1. The summed E-state index contributed by atoms with van der Waals surface area (Å²) >= 11 is 1.50. The molecule has 0 fully saturated rings. The third-order valence-electron chi connectivity index (χ3n) is 0.761. The molecule has 54 valence electrons. The van der Waals surface area contributed by atoms with Gasteiger partial charge in [0.05, 0.1) is 5.75 Å². The van der Waals surface area contributed by atoms with Gasteiger partial charge in [0, 0.05) is 0 Å². The van der Waals surface area contributed by atoms with Crippen molar-refractivity contribution in [2.75, 3.05) is 18.2 Å². The van der Waals surface area contributed by atoms with Gasteiger partial charge >= 0.3 is 0 Å². The number of halogens is 1. The van der Waals surface area contributed by atoms with Crippen molar-refractivity contribution in [2.45, 2.75) is 13.3 Å². The number of hydrogen-bond donors (Lipinski definition) is 0. The van der Waals surface area contributed by atoms with Gasteiger partial charge in [0.2, 0.25) is 0 Å². The predicted octanol–water partition coefficient (Wildman–Crippen LogP) is 1.67. The van der Waals surface area contributed by atoms with Gasteiger partial charge in [-0.15, -0.1) is 0 Å². The van der Waals surface area contributed by atoms with Crippen LogP contribution in [0.3, 0.4) is 0 Å². The number of Topliss-reactive ketones (excluding diaryl/α,β-unsaturated/α-hetero) is 1. The van der Waals surface area contributed by atoms with E-state index in [0.717, 1.165) is 12.2 Å². The average molecular weight is 150 g/mol. The van der Waals surface area contributed by atoms with Crippen LogP contribution in [0.25, 0.3) is 0 Å². The average Bonchev–Trinajstić information content (AvgIpc) is 1.89. The summed E-state index contributed by atoms with van der Waals surface area (Å²) in [5.74, 6) is 0.990. The third kappa shape index (κ3) is 5.83. The Balaban J connectivity index is 2.97. The van der Waals surface area contributed by atoms with Gasteiger partial charge in [-0.3, -0.25) is 4.79 Å². The molecular formula is C6H11FOS. The summed E-state index contributed by atoms with van der Waals surface area (Å²) < 4.78 is 11.5. The topological polar surface area (TPSA) is 17.1 Å². The number of carbonyl (C=O) groups excluding carboxylic acids is 1. The molecule has 0 bridgehead atoms. The summed E-state index contributed by atoms with van der Waals surface area (Å²) in [4.78, 5) is 10.3. The van der Waals surface area contributed by atoms with E-state index in [4.69, 9.17) is 0 Å². The van der Waals surface area contributed by atoms with E-state index in [1.807, 2.05) is 6.92 Å². The molecule has 9 heavy (non-hydrogen) atoms. The fourth-order valence-electron chi connectivity index (χ4n) is 0.369. The van der Waals surface area contributed by atoms with Gasteiger partial charge in [-0.1, -0.05) is 6.92 Å². The summed E-state index contributed by atoms with van der Waals surface area (Å²) in [7, 11) is 0. The smallest absolute Gasteiger partial charge is 0.173 e. The Bertz CT molecular complexity index is 85.1. The van der Waals surface area contributed by atoms with Crippen LogP contribution in [0.15, 0.2) is 0 Å². The molecule has 0 aliphatic carbocycles. The molecule has 0 radical (unpaired) electrons. The molecule has 0 aromatic carbocycles. The van der Waals surface area contributed by atoms with Gasteiger partial charge in [0.15, 0.2) is 5.78 Å². The van der Waals surface area contributed by atoms with Crippen LogP contribution in [-0.2, 0) is 4.79 Å². The zero-order chi connectivity index (χ0) is 7.11. The lowest BCUT2D eigenvalue weighted by Crippen LogP contribution is -2.03. The van der Waals surface area contributed by atoms with E-state index in [9.17, 15) is 9.18 Å². The third-order valence-corrected chi connectivity index (χ3v) is 1.98. The first-order chi connectivity index (χ1) is 4.31. The Morgan fingerprint density at radius 1 is 1.67 bits per heavy atom. The fraction of sp³-hybridized carbons (Fsp3) is 0.833. The first-order valence-electron chi connectivity index (χ1n) is 2.96. The highest BCUT2D eigenvalue weighted by atomic mass is 32.2. The monoisotopic (exact) mass is 150 g/mol. The number of thioether (sulfide) groups is 1. The van der Waals surface area contributed by atoms with E-state index >= 15 is 0 Å². The van der Waals surface area contributed by atoms with Crippen molar-refractivity contribution in [1.29, 1.82) is 0 Å². The molecule has 3 heteroatoms. The minimum Gasteiger partial charge on any atom is -0.296 e. The van der Waals surface area contributed by atoms with Crippen LogP contribution in [0.5, 0.6) is 0 Å². The van der Waals surface area contributed by atoms with Gasteiger partial charge in [-0.05, 0) is 12.2 Å². The predicted molar refractivity (Wildman–Crippen MR) is 38.6 cm³/mol. The van der Waals surface area contributed by atoms with Crippen LogP contribution in [0, 0.1) is 0 Å². The van der Waals surface area contributed by atoms with Gasteiger partial charge in [0.1, 0.15) is 6.67 Å². The van der Waals surface area contributed by atoms with Crippen LogP contribution in [0.2, 0.25) is 0 Å². The molecule has 0 saturated heterocycles. The van der Waals surface area contributed by atoms with Crippen LogP contribution < -0.4 is 0 Å². The molecule has 1 nitrogen and oxygen atoms in total. The van der Waals surface area contributed by atoms with Crippen molar-refractivity contribution in [2.24, 2.45) is 0 Å². The van der Waals surface area contributed by atoms with Crippen LogP contribution in [0.1, 0.15) is 13.3 Å². The Kier molecular flexibility index (Phi) is 6.04. The maximum absolute atomic E-state index is 11.5. The highest BCUT2D eigenvalue weighted by Gasteiger charge is 1.97. The molecule has 0 amide bonds. The van der Waals surface area contributed by atoms with Gasteiger partial charge in [0.25, 0.3) is 0 Å². The molecule has 0 unspecified atom stereocenters. The lowest BCUT2D eigenvalue weighted by Gasteiger charge is -1.93. The lowest BCUT2D eigenvalue weighted by molar-refractivity contribution is -0.117. The molecule has 0 aliphatic rings. The molecule has 0 aliphatic heterocycles. The van der Waals surface area contributed by atoms with Crippen molar-refractivity contribution in [3.05, 3.63) is 0 Å². The van der Waals surface area contributed by atoms with Gasteiger partial charge in [-0.2, -0.15) is 11.8 Å². The minimum absolute atomic E-state index is 0.298. The molecule has 0 aromatic heterocycles. The van der Waals surface area contributed by atoms with Crippen LogP contribution in [0.4, 0.5) is 4.39 Å². The highest BCUT2D eigenvalue weighted by Crippen LogP contribution is 2.01. The fourth-order valence-corrected chi connectivity index (χ4v) is 1.11. The van der Waals surface area contributed by atoms with Crippen LogP contribution >= 0.6 is 11.8 Å². The molecule has 0 rings (SSSR count). The molecule has 0 aromatic rings. The SMILES string of the molecule is CCCSCC(=O)CF. The van der Waals surface area contributed by atoms with E-state index in [-0.39, 0.29) is 5.78 Å². The van der Waals surface area contributed by atoms with E-state index in [1.165, 1.54) is 11.8 Å². The van der Waals surface area contributed by atoms with E-state index in [0.29, 0.717) is 5.75 Å². The van der Waals surface area contributed by atoms with Crippen molar-refractivity contribution in [3.63, 3.8) is 0 Å². The Morgan fingerprint density at radius 3 is 2.78 bits per heavy atom. The van der Waals surface area contributed by atoms with Crippen molar-refractivity contribution < 1.29 is 9.18 Å². The van der Waals surface area contributed by atoms with E-state index in [1.54, 1.807) is 0 Å². The van der Waals surface area contributed by atoms with E-state index in [2.05, 4.69) is 0 Å². The van der Waals surface area contributed by atoms with Gasteiger partial charge in [-0.25, -0.2) is 4.39 Å². The Labute approximate surface area is 59.0 Å². The maximum Gasteiger partial charge on any atom is 0.173 e. The van der Waals surface area contributed by atoms with Gasteiger partial charge < -0.3 is 0 Å². The maximum atomic E-state index is 11.5. The second-order valence-corrected chi connectivity index (χ2v) is 2.83. The molecule has 0 saturated carbocycles. The second-order valence-electron chi connectivity index (χ2n) is 1.72. The van der Waals surface area contributed by atoms with E-state index < -0.39 is 6.67 Å². The Morgan fingerprint density at radius 2 is 2.33 bits per heavy atom. The second kappa shape index (κ2) is 6.08. The zero-order valence-electron chi connectivity index (χ0n) is 5.52. The summed E-state index contributed by atoms with van der Waals surface area (Å²) in [6.07, 6.45) is 1.05. The lowest BCUT2D eigenvalue weighted by atomic mass is 10.5. The normalized spacial score (nSPS) is 9.56. The molecule has 0 spiro atoms. The molecular weight excluding hydrogens is 139 g/mol. The van der Waals surface area contributed by atoms with Crippen molar-refractivity contribution in [1.82, 2.24) is 0 Å². The summed E-state index contributed by atoms with van der Waals surface area (Å²) in [6.45, 7) is 1.23. The largest absolute Gasteiger partial charge is 0.296 e. The highest BCUT2D eigenvalue weighted by molar-refractivity contribution is 7.99. The summed E-state index contributed by atoms with van der Waals surface area (Å²) in [5, 5.41) is 0. The van der Waals surface area contributed by atoms with Crippen LogP contribution in [-0.4, -0.2) is 24.0 Å². The zero-order valence-corrected chi connectivity index (χ0v) is 6.34. The first kappa shape index (κ1) is 8.95. The Hall–Kier alpha value is -0.0500. The minimum atomic E-state index is -0.809. The number of ketones is 1.